The van der Waals surface area contributed by atoms with E-state index in [1.165, 1.54) is 12.8 Å². The monoisotopic (exact) mass is 386 g/mol. The van der Waals surface area contributed by atoms with Gasteiger partial charge in [0.25, 0.3) is 0 Å². The van der Waals surface area contributed by atoms with E-state index in [-0.39, 0.29) is 6.42 Å². The first kappa shape index (κ1) is 25.8. The summed E-state index contributed by atoms with van der Waals surface area (Å²) in [6.07, 6.45) is 11.9. The lowest BCUT2D eigenvalue weighted by Crippen LogP contribution is -2.39. The highest BCUT2D eigenvalue weighted by Crippen LogP contribution is 2.13. The number of carboxylic acids is 1. The number of unbranched alkanes of at least 4 members (excludes halogenated alkanes) is 7. The number of aliphatic hydroxyl groups excluding tert-OH is 3. The van der Waals surface area contributed by atoms with Crippen molar-refractivity contribution in [2.24, 2.45) is 5.92 Å². The van der Waals surface area contributed by atoms with Crippen LogP contribution in [0, 0.1) is 5.92 Å². The molecule has 0 fully saturated rings. The second-order valence-electron chi connectivity index (χ2n) is 7.19. The number of ketones is 1. The molecule has 6 nitrogen and oxygen atoms in total. The summed E-state index contributed by atoms with van der Waals surface area (Å²) in [6.45, 7) is 1.45. The molecule has 0 spiro atoms. The van der Waals surface area contributed by atoms with Gasteiger partial charge in [-0.2, -0.15) is 0 Å². The topological polar surface area (TPSA) is 115 Å². The van der Waals surface area contributed by atoms with E-state index >= 15 is 0 Å². The first-order chi connectivity index (χ1) is 12.9. The fourth-order valence-corrected chi connectivity index (χ4v) is 2.91. The Kier molecular flexibility index (Phi) is 16.1. The summed E-state index contributed by atoms with van der Waals surface area (Å²) in [5.74, 6) is -2.32. The number of hydrogen-bond acceptors (Lipinski definition) is 5. The standard InChI is InChI=1S/C21H38O6/c1-2-3-4-10-13-17(23)14-11-8-6-5-7-9-12-15-19(24)20(25)18(16-22)21(26)27/h9,12,18-20,22,24-25H,2-8,10-11,13-16H2,1H3,(H,26,27)/b12-9+/t18-,19-,20-/m1/s1. The van der Waals surface area contributed by atoms with E-state index in [0.717, 1.165) is 51.4 Å². The summed E-state index contributed by atoms with van der Waals surface area (Å²) < 4.78 is 0. The number of Topliss-reactive ketones (excluding diaryl/α,β-unsaturated/α-hetero) is 1. The second kappa shape index (κ2) is 16.9. The SMILES string of the molecule is CCCCCCC(=O)CCCCCC/C=C/C[C@@H](O)[C@H](O)[C@@H](CO)C(=O)O. The van der Waals surface area contributed by atoms with E-state index in [2.05, 4.69) is 6.92 Å². The minimum atomic E-state index is -1.49. The van der Waals surface area contributed by atoms with Gasteiger partial charge in [-0.1, -0.05) is 51.2 Å². The number of aliphatic hydroxyl groups is 3. The molecule has 158 valence electrons. The van der Waals surface area contributed by atoms with Crippen LogP contribution in [-0.2, 0) is 9.59 Å². The Morgan fingerprint density at radius 2 is 1.48 bits per heavy atom. The van der Waals surface area contributed by atoms with Crippen molar-refractivity contribution in [2.45, 2.75) is 96.2 Å². The highest BCUT2D eigenvalue weighted by atomic mass is 16.4. The summed E-state index contributed by atoms with van der Waals surface area (Å²) in [6, 6.07) is 0. The molecule has 0 unspecified atom stereocenters. The zero-order chi connectivity index (χ0) is 20.5. The van der Waals surface area contributed by atoms with Crippen molar-refractivity contribution in [2.75, 3.05) is 6.61 Å². The van der Waals surface area contributed by atoms with Crippen LogP contribution in [0.3, 0.4) is 0 Å². The van der Waals surface area contributed by atoms with Crippen LogP contribution in [-0.4, -0.2) is 51.0 Å². The normalized spacial score (nSPS) is 15.0. The van der Waals surface area contributed by atoms with Crippen molar-refractivity contribution < 1.29 is 30.0 Å². The Morgan fingerprint density at radius 1 is 0.889 bits per heavy atom. The third-order valence-corrected chi connectivity index (χ3v) is 4.75. The van der Waals surface area contributed by atoms with E-state index in [1.807, 2.05) is 6.08 Å². The molecule has 0 aliphatic rings. The summed E-state index contributed by atoms with van der Waals surface area (Å²) in [4.78, 5) is 22.5. The molecular formula is C21H38O6. The van der Waals surface area contributed by atoms with Gasteiger partial charge in [-0.15, -0.1) is 0 Å². The lowest BCUT2D eigenvalue weighted by molar-refractivity contribution is -0.151. The zero-order valence-electron chi connectivity index (χ0n) is 16.7. The third kappa shape index (κ3) is 13.6. The van der Waals surface area contributed by atoms with Gasteiger partial charge in [0.1, 0.15) is 11.7 Å². The number of allylic oxidation sites excluding steroid dienone is 1. The minimum absolute atomic E-state index is 0.150. The minimum Gasteiger partial charge on any atom is -0.481 e. The van der Waals surface area contributed by atoms with Crippen LogP contribution in [0.25, 0.3) is 0 Å². The average molecular weight is 387 g/mol. The van der Waals surface area contributed by atoms with Gasteiger partial charge in [-0.25, -0.2) is 0 Å². The number of aliphatic carboxylic acids is 1. The maximum Gasteiger partial charge on any atom is 0.311 e. The Labute approximate surface area is 163 Å². The molecule has 0 aromatic heterocycles. The van der Waals surface area contributed by atoms with Crippen LogP contribution in [0.2, 0.25) is 0 Å². The van der Waals surface area contributed by atoms with Gasteiger partial charge in [-0.05, 0) is 32.1 Å². The van der Waals surface area contributed by atoms with Gasteiger partial charge in [0.15, 0.2) is 0 Å². The zero-order valence-corrected chi connectivity index (χ0v) is 16.7. The van der Waals surface area contributed by atoms with Crippen LogP contribution in [0.5, 0.6) is 0 Å². The van der Waals surface area contributed by atoms with E-state index < -0.39 is 30.7 Å². The Bertz CT molecular complexity index is 421. The summed E-state index contributed by atoms with van der Waals surface area (Å²) in [5, 5.41) is 37.3. The highest BCUT2D eigenvalue weighted by molar-refractivity contribution is 5.78. The highest BCUT2D eigenvalue weighted by Gasteiger charge is 2.30. The van der Waals surface area contributed by atoms with Crippen LogP contribution in [0.15, 0.2) is 12.2 Å². The first-order valence-corrected chi connectivity index (χ1v) is 10.3. The van der Waals surface area contributed by atoms with Gasteiger partial charge in [0.2, 0.25) is 0 Å². The molecule has 0 aromatic rings. The lowest BCUT2D eigenvalue weighted by atomic mass is 9.96. The number of carbonyl (C=O) groups is 2. The van der Waals surface area contributed by atoms with Crippen molar-refractivity contribution >= 4 is 11.8 Å². The quantitative estimate of drug-likeness (QED) is 0.212. The number of hydrogen-bond donors (Lipinski definition) is 4. The van der Waals surface area contributed by atoms with Gasteiger partial charge in [0, 0.05) is 12.8 Å². The van der Waals surface area contributed by atoms with Crippen LogP contribution < -0.4 is 0 Å². The average Bonchev–Trinajstić information content (AvgIpc) is 2.63. The summed E-state index contributed by atoms with van der Waals surface area (Å²) in [5.41, 5.74) is 0. The molecule has 0 saturated carbocycles. The molecule has 6 heteroatoms. The molecule has 27 heavy (non-hydrogen) atoms. The van der Waals surface area contributed by atoms with Crippen molar-refractivity contribution in [3.8, 4) is 0 Å². The third-order valence-electron chi connectivity index (χ3n) is 4.75. The molecular weight excluding hydrogens is 348 g/mol. The van der Waals surface area contributed by atoms with E-state index in [1.54, 1.807) is 6.08 Å². The van der Waals surface area contributed by atoms with Gasteiger partial charge < -0.3 is 20.4 Å². The lowest BCUT2D eigenvalue weighted by Gasteiger charge is -2.21. The molecule has 0 radical (unpaired) electrons. The molecule has 0 rings (SSSR count). The second-order valence-corrected chi connectivity index (χ2v) is 7.19. The largest absolute Gasteiger partial charge is 0.481 e. The Hall–Kier alpha value is -1.24. The molecule has 0 heterocycles. The van der Waals surface area contributed by atoms with Crippen LogP contribution >= 0.6 is 0 Å². The maximum atomic E-state index is 11.7. The molecule has 0 amide bonds. The van der Waals surface area contributed by atoms with E-state index in [9.17, 15) is 19.8 Å². The number of carbonyl (C=O) groups excluding carboxylic acids is 1. The smallest absolute Gasteiger partial charge is 0.311 e. The van der Waals surface area contributed by atoms with Gasteiger partial charge in [0.05, 0.1) is 18.8 Å². The van der Waals surface area contributed by atoms with Gasteiger partial charge >= 0.3 is 5.97 Å². The predicted octanol–water partition coefficient (Wildman–Crippen LogP) is 3.23. The Morgan fingerprint density at radius 3 is 2.04 bits per heavy atom. The fourth-order valence-electron chi connectivity index (χ4n) is 2.91. The summed E-state index contributed by atoms with van der Waals surface area (Å²) >= 11 is 0. The van der Waals surface area contributed by atoms with Crippen molar-refractivity contribution in [1.82, 2.24) is 0 Å². The van der Waals surface area contributed by atoms with Crippen molar-refractivity contribution in [1.29, 1.82) is 0 Å². The predicted molar refractivity (Wildman–Crippen MR) is 105 cm³/mol. The first-order valence-electron chi connectivity index (χ1n) is 10.3. The maximum absolute atomic E-state index is 11.7. The molecule has 0 aliphatic heterocycles. The van der Waals surface area contributed by atoms with Crippen molar-refractivity contribution in [3.63, 3.8) is 0 Å². The molecule has 0 aliphatic carbocycles. The molecule has 4 N–H and O–H groups in total. The van der Waals surface area contributed by atoms with E-state index in [4.69, 9.17) is 10.2 Å². The molecule has 0 bridgehead atoms. The molecule has 3 atom stereocenters. The Balaban J connectivity index is 3.67. The summed E-state index contributed by atoms with van der Waals surface area (Å²) in [7, 11) is 0. The number of carboxylic acid groups (broad SMARTS) is 1. The molecule has 0 saturated heterocycles. The number of rotatable bonds is 18. The van der Waals surface area contributed by atoms with Gasteiger partial charge in [-0.3, -0.25) is 9.59 Å². The molecule has 0 aromatic carbocycles. The van der Waals surface area contributed by atoms with E-state index in [0.29, 0.717) is 12.2 Å². The van der Waals surface area contributed by atoms with Crippen LogP contribution in [0.1, 0.15) is 84.0 Å². The van der Waals surface area contributed by atoms with Crippen molar-refractivity contribution in [3.05, 3.63) is 12.2 Å². The van der Waals surface area contributed by atoms with Crippen LogP contribution in [0.4, 0.5) is 0 Å². The fraction of sp³-hybridized carbons (Fsp3) is 0.810.